The highest BCUT2D eigenvalue weighted by molar-refractivity contribution is 5.86. The number of ether oxygens (including phenoxy) is 2. The average molecular weight is 320 g/mol. The summed E-state index contributed by atoms with van der Waals surface area (Å²) in [6, 6.07) is 7.35. The molecule has 0 spiro atoms. The molecule has 1 aromatic rings. The molecule has 0 radical (unpaired) electrons. The number of carbonyl (C=O) groups is 1. The first-order valence-corrected chi connectivity index (χ1v) is 8.35. The normalized spacial score (nSPS) is 21.6. The third kappa shape index (κ3) is 5.43. The second-order valence-corrected chi connectivity index (χ2v) is 6.43. The topological polar surface area (TPSA) is 50.8 Å². The SMILES string of the molecule is COc1ccccc1NC(=O)O[C@@H]1CCCCC[C@@H]1CN(C)C. The van der Waals surface area contributed by atoms with Crippen LogP contribution in [0.3, 0.4) is 0 Å². The lowest BCUT2D eigenvalue weighted by Crippen LogP contribution is -2.34. The van der Waals surface area contributed by atoms with Gasteiger partial charge < -0.3 is 14.4 Å². The Morgan fingerprint density at radius 3 is 2.70 bits per heavy atom. The van der Waals surface area contributed by atoms with Crippen molar-refractivity contribution in [2.45, 2.75) is 38.2 Å². The summed E-state index contributed by atoms with van der Waals surface area (Å²) < 4.78 is 11.0. The summed E-state index contributed by atoms with van der Waals surface area (Å²) in [7, 11) is 5.72. The van der Waals surface area contributed by atoms with Gasteiger partial charge >= 0.3 is 6.09 Å². The van der Waals surface area contributed by atoms with Gasteiger partial charge in [-0.3, -0.25) is 5.32 Å². The van der Waals surface area contributed by atoms with Crippen LogP contribution >= 0.6 is 0 Å². The van der Waals surface area contributed by atoms with E-state index in [0.717, 1.165) is 25.8 Å². The predicted molar refractivity (Wildman–Crippen MR) is 92.0 cm³/mol. The summed E-state index contributed by atoms with van der Waals surface area (Å²) in [5.74, 6) is 1.03. The molecule has 0 unspecified atom stereocenters. The van der Waals surface area contributed by atoms with Gasteiger partial charge in [-0.15, -0.1) is 0 Å². The third-order valence-electron chi connectivity index (χ3n) is 4.29. The van der Waals surface area contributed by atoms with E-state index in [1.54, 1.807) is 7.11 Å². The number of para-hydroxylation sites is 2. The number of anilines is 1. The van der Waals surface area contributed by atoms with Gasteiger partial charge in [-0.1, -0.05) is 25.0 Å². The van der Waals surface area contributed by atoms with Crippen molar-refractivity contribution >= 4 is 11.8 Å². The molecule has 5 heteroatoms. The minimum Gasteiger partial charge on any atom is -0.495 e. The molecule has 23 heavy (non-hydrogen) atoms. The minimum atomic E-state index is -0.398. The van der Waals surface area contributed by atoms with Gasteiger partial charge in [0.05, 0.1) is 12.8 Å². The lowest BCUT2D eigenvalue weighted by atomic mass is 9.97. The Morgan fingerprint density at radius 1 is 1.22 bits per heavy atom. The van der Waals surface area contributed by atoms with Crippen molar-refractivity contribution < 1.29 is 14.3 Å². The lowest BCUT2D eigenvalue weighted by Gasteiger charge is -2.27. The lowest BCUT2D eigenvalue weighted by molar-refractivity contribution is 0.0569. The van der Waals surface area contributed by atoms with Crippen molar-refractivity contribution in [2.24, 2.45) is 5.92 Å². The van der Waals surface area contributed by atoms with Crippen molar-refractivity contribution in [3.05, 3.63) is 24.3 Å². The van der Waals surface area contributed by atoms with Crippen molar-refractivity contribution in [1.29, 1.82) is 0 Å². The number of benzene rings is 1. The monoisotopic (exact) mass is 320 g/mol. The van der Waals surface area contributed by atoms with Gasteiger partial charge in [-0.05, 0) is 45.5 Å². The molecule has 128 valence electrons. The predicted octanol–water partition coefficient (Wildman–Crippen LogP) is 3.75. The van der Waals surface area contributed by atoms with Crippen molar-refractivity contribution in [2.75, 3.05) is 33.1 Å². The van der Waals surface area contributed by atoms with E-state index in [1.165, 1.54) is 12.8 Å². The van der Waals surface area contributed by atoms with E-state index in [1.807, 2.05) is 24.3 Å². The Balaban J connectivity index is 1.98. The van der Waals surface area contributed by atoms with Gasteiger partial charge in [0.25, 0.3) is 0 Å². The van der Waals surface area contributed by atoms with Crippen LogP contribution in [0.1, 0.15) is 32.1 Å². The maximum Gasteiger partial charge on any atom is 0.412 e. The molecule has 5 nitrogen and oxygen atoms in total. The number of rotatable bonds is 5. The molecule has 0 aromatic heterocycles. The standard InChI is InChI=1S/C18H28N2O3/c1-20(2)13-14-9-5-4-6-11-16(14)23-18(21)19-15-10-7-8-12-17(15)22-3/h7-8,10,12,14,16H,4-6,9,11,13H2,1-3H3,(H,19,21)/t14-,16-/m1/s1. The Hall–Kier alpha value is -1.75. The number of hydrogen-bond donors (Lipinski definition) is 1. The number of methoxy groups -OCH3 is 1. The molecule has 2 rings (SSSR count). The van der Waals surface area contributed by atoms with Crippen LogP contribution in [0.4, 0.5) is 10.5 Å². The first-order valence-electron chi connectivity index (χ1n) is 8.35. The van der Waals surface area contributed by atoms with E-state index in [2.05, 4.69) is 24.3 Å². The van der Waals surface area contributed by atoms with Crippen LogP contribution in [-0.4, -0.2) is 44.8 Å². The fourth-order valence-electron chi connectivity index (χ4n) is 3.21. The van der Waals surface area contributed by atoms with Crippen molar-refractivity contribution in [1.82, 2.24) is 4.90 Å². The highest BCUT2D eigenvalue weighted by Gasteiger charge is 2.27. The molecule has 1 amide bonds. The summed E-state index contributed by atoms with van der Waals surface area (Å²) in [5.41, 5.74) is 0.637. The molecule has 1 aliphatic carbocycles. The van der Waals surface area contributed by atoms with E-state index in [-0.39, 0.29) is 6.10 Å². The summed E-state index contributed by atoms with van der Waals surface area (Å²) in [5, 5.41) is 2.80. The van der Waals surface area contributed by atoms with Gasteiger partial charge in [-0.25, -0.2) is 4.79 Å². The van der Waals surface area contributed by atoms with Crippen LogP contribution in [0.2, 0.25) is 0 Å². The van der Waals surface area contributed by atoms with Crippen LogP contribution in [0.5, 0.6) is 5.75 Å². The maximum atomic E-state index is 12.3. The molecule has 0 bridgehead atoms. The maximum absolute atomic E-state index is 12.3. The summed E-state index contributed by atoms with van der Waals surface area (Å²) in [6.45, 7) is 0.951. The third-order valence-corrected chi connectivity index (χ3v) is 4.29. The van der Waals surface area contributed by atoms with Crippen LogP contribution < -0.4 is 10.1 Å². The van der Waals surface area contributed by atoms with Crippen LogP contribution in [0.15, 0.2) is 24.3 Å². The number of nitrogens with zero attached hydrogens (tertiary/aromatic N) is 1. The Morgan fingerprint density at radius 2 is 1.96 bits per heavy atom. The van der Waals surface area contributed by atoms with Crippen molar-refractivity contribution in [3.63, 3.8) is 0 Å². The average Bonchev–Trinajstić information content (AvgIpc) is 2.73. The quantitative estimate of drug-likeness (QED) is 0.839. The largest absolute Gasteiger partial charge is 0.495 e. The summed E-state index contributed by atoms with van der Waals surface area (Å²) in [6.07, 6.45) is 5.20. The second-order valence-electron chi connectivity index (χ2n) is 6.43. The molecule has 1 N–H and O–H groups in total. The van der Waals surface area contributed by atoms with Crippen LogP contribution in [0, 0.1) is 5.92 Å². The Labute approximate surface area is 139 Å². The van der Waals surface area contributed by atoms with Gasteiger partial charge in [0.1, 0.15) is 11.9 Å². The van der Waals surface area contributed by atoms with E-state index in [0.29, 0.717) is 17.4 Å². The summed E-state index contributed by atoms with van der Waals surface area (Å²) >= 11 is 0. The fourth-order valence-corrected chi connectivity index (χ4v) is 3.21. The molecular formula is C18H28N2O3. The van der Waals surface area contributed by atoms with E-state index in [9.17, 15) is 4.79 Å². The number of carbonyl (C=O) groups excluding carboxylic acids is 1. The number of hydrogen-bond acceptors (Lipinski definition) is 4. The zero-order valence-corrected chi connectivity index (χ0v) is 14.4. The molecule has 1 fully saturated rings. The van der Waals surface area contributed by atoms with Crippen LogP contribution in [0.25, 0.3) is 0 Å². The zero-order chi connectivity index (χ0) is 16.7. The fraction of sp³-hybridized carbons (Fsp3) is 0.611. The van der Waals surface area contributed by atoms with Gasteiger partial charge in [0.15, 0.2) is 0 Å². The Kier molecular flexibility index (Phi) is 6.71. The molecule has 0 saturated heterocycles. The molecule has 0 heterocycles. The first-order chi connectivity index (χ1) is 11.1. The molecule has 1 saturated carbocycles. The van der Waals surface area contributed by atoms with Gasteiger partial charge in [-0.2, -0.15) is 0 Å². The molecule has 0 aliphatic heterocycles. The van der Waals surface area contributed by atoms with Gasteiger partial charge in [0, 0.05) is 12.5 Å². The van der Waals surface area contributed by atoms with Gasteiger partial charge in [0.2, 0.25) is 0 Å². The smallest absolute Gasteiger partial charge is 0.412 e. The van der Waals surface area contributed by atoms with E-state index >= 15 is 0 Å². The highest BCUT2D eigenvalue weighted by atomic mass is 16.6. The first kappa shape index (κ1) is 17.6. The number of amides is 1. The Bertz CT molecular complexity index is 505. The molecule has 1 aromatic carbocycles. The zero-order valence-electron chi connectivity index (χ0n) is 14.4. The second kappa shape index (κ2) is 8.77. The highest BCUT2D eigenvalue weighted by Crippen LogP contribution is 2.28. The molecular weight excluding hydrogens is 292 g/mol. The number of nitrogens with one attached hydrogen (secondary N) is 1. The van der Waals surface area contributed by atoms with Crippen molar-refractivity contribution in [3.8, 4) is 5.75 Å². The molecule has 2 atom stereocenters. The molecule has 1 aliphatic rings. The summed E-state index contributed by atoms with van der Waals surface area (Å²) in [4.78, 5) is 14.5. The van der Waals surface area contributed by atoms with E-state index in [4.69, 9.17) is 9.47 Å². The van der Waals surface area contributed by atoms with E-state index < -0.39 is 6.09 Å². The van der Waals surface area contributed by atoms with Crippen LogP contribution in [-0.2, 0) is 4.74 Å². The minimum absolute atomic E-state index is 0.0189.